The normalized spacial score (nSPS) is 10.3. The van der Waals surface area contributed by atoms with E-state index in [4.69, 9.17) is 0 Å². The van der Waals surface area contributed by atoms with Crippen molar-refractivity contribution >= 4 is 17.1 Å². The Kier molecular flexibility index (Phi) is 5.90. The zero-order valence-electron chi connectivity index (χ0n) is 12.7. The van der Waals surface area contributed by atoms with Crippen molar-refractivity contribution in [1.29, 1.82) is 0 Å². The zero-order chi connectivity index (χ0) is 16.9. The molecule has 0 spiro atoms. The Morgan fingerprint density at radius 2 is 1.82 bits per heavy atom. The quantitative estimate of drug-likeness (QED) is 0.312. The van der Waals surface area contributed by atoms with E-state index in [1.165, 1.54) is 13.0 Å². The first-order chi connectivity index (χ1) is 10.3. The number of rotatable bonds is 8. The van der Waals surface area contributed by atoms with Gasteiger partial charge in [0.2, 0.25) is 5.69 Å². The van der Waals surface area contributed by atoms with E-state index in [-0.39, 0.29) is 17.8 Å². The Morgan fingerprint density at radius 1 is 1.18 bits per heavy atom. The van der Waals surface area contributed by atoms with Crippen LogP contribution in [-0.4, -0.2) is 16.4 Å². The highest BCUT2D eigenvalue weighted by molar-refractivity contribution is 5.78. The van der Waals surface area contributed by atoms with E-state index in [2.05, 4.69) is 5.29 Å². The van der Waals surface area contributed by atoms with Crippen LogP contribution in [-0.2, 0) is 0 Å². The number of nitroso groups, excluding NO2 is 1. The number of benzene rings is 1. The number of nitrogens with zero attached hydrogens (tertiary/aromatic N) is 4. The van der Waals surface area contributed by atoms with E-state index in [1.807, 2.05) is 6.92 Å². The average molecular weight is 310 g/mol. The molecule has 0 N–H and O–H groups in total. The standard InChI is InChI=1S/C13H18N4O5/c1-4-5-6-7-15(14-18)13-11(16(19)20)8-9(2)10(3)12(13)17(21)22/h8H,4-7H2,1-3H3. The molecule has 0 aromatic heterocycles. The molecule has 120 valence electrons. The summed E-state index contributed by atoms with van der Waals surface area (Å²) in [5.74, 6) is 0. The number of nitro benzene ring substituents is 2. The summed E-state index contributed by atoms with van der Waals surface area (Å²) >= 11 is 0. The summed E-state index contributed by atoms with van der Waals surface area (Å²) < 4.78 is 0. The Morgan fingerprint density at radius 3 is 2.27 bits per heavy atom. The molecule has 0 saturated carbocycles. The van der Waals surface area contributed by atoms with Gasteiger partial charge >= 0.3 is 11.4 Å². The second kappa shape index (κ2) is 7.43. The number of hydrogen-bond acceptors (Lipinski definition) is 6. The van der Waals surface area contributed by atoms with Crippen molar-refractivity contribution in [2.45, 2.75) is 40.0 Å². The minimum Gasteiger partial charge on any atom is -0.258 e. The second-order valence-electron chi connectivity index (χ2n) is 4.96. The van der Waals surface area contributed by atoms with Gasteiger partial charge in [-0.05, 0) is 25.8 Å². The van der Waals surface area contributed by atoms with E-state index in [1.54, 1.807) is 6.92 Å². The maximum Gasteiger partial charge on any atom is 0.304 e. The minimum absolute atomic E-state index is 0.0987. The van der Waals surface area contributed by atoms with Crippen LogP contribution >= 0.6 is 0 Å². The Hall–Kier alpha value is -2.58. The third kappa shape index (κ3) is 3.54. The zero-order valence-corrected chi connectivity index (χ0v) is 12.7. The number of anilines is 1. The number of aryl methyl sites for hydroxylation is 1. The van der Waals surface area contributed by atoms with E-state index in [9.17, 15) is 25.1 Å². The molecule has 1 aromatic carbocycles. The van der Waals surface area contributed by atoms with Gasteiger partial charge in [0.1, 0.15) is 0 Å². The molecule has 9 heteroatoms. The molecule has 1 rings (SSSR count). The van der Waals surface area contributed by atoms with Gasteiger partial charge in [-0.1, -0.05) is 19.8 Å². The molecule has 0 atom stereocenters. The minimum atomic E-state index is -0.729. The maximum absolute atomic E-state index is 11.3. The van der Waals surface area contributed by atoms with Crippen LogP contribution in [0, 0.1) is 39.0 Å². The van der Waals surface area contributed by atoms with Gasteiger partial charge in [0.15, 0.2) is 0 Å². The van der Waals surface area contributed by atoms with Crippen molar-refractivity contribution in [3.63, 3.8) is 0 Å². The van der Waals surface area contributed by atoms with Crippen LogP contribution in [0.3, 0.4) is 0 Å². The maximum atomic E-state index is 11.3. The van der Waals surface area contributed by atoms with Crippen molar-refractivity contribution in [3.8, 4) is 0 Å². The molecule has 0 unspecified atom stereocenters. The Bertz CT molecular complexity index is 603. The van der Waals surface area contributed by atoms with Crippen LogP contribution in [0.1, 0.15) is 37.3 Å². The van der Waals surface area contributed by atoms with Crippen molar-refractivity contribution in [3.05, 3.63) is 42.3 Å². The van der Waals surface area contributed by atoms with Crippen LogP contribution in [0.2, 0.25) is 0 Å². The lowest BCUT2D eigenvalue weighted by Crippen LogP contribution is -2.20. The average Bonchev–Trinajstić information content (AvgIpc) is 2.45. The molecule has 0 fully saturated rings. The SMILES string of the molecule is CCCCCN(N=O)c1c([N+](=O)[O-])cc(C)c(C)c1[N+](=O)[O-]. The fraction of sp³-hybridized carbons (Fsp3) is 0.538. The fourth-order valence-corrected chi connectivity index (χ4v) is 2.19. The monoisotopic (exact) mass is 310 g/mol. The molecule has 22 heavy (non-hydrogen) atoms. The van der Waals surface area contributed by atoms with Crippen molar-refractivity contribution in [2.24, 2.45) is 5.29 Å². The predicted molar refractivity (Wildman–Crippen MR) is 81.9 cm³/mol. The van der Waals surface area contributed by atoms with Crippen LogP contribution in [0.5, 0.6) is 0 Å². The lowest BCUT2D eigenvalue weighted by molar-refractivity contribution is -0.393. The smallest absolute Gasteiger partial charge is 0.258 e. The number of unbranched alkanes of at least 4 members (excludes halogenated alkanes) is 2. The molecule has 0 amide bonds. The summed E-state index contributed by atoms with van der Waals surface area (Å²) in [4.78, 5) is 32.2. The van der Waals surface area contributed by atoms with E-state index < -0.39 is 21.2 Å². The van der Waals surface area contributed by atoms with E-state index >= 15 is 0 Å². The Labute approximate surface area is 127 Å². The highest BCUT2D eigenvalue weighted by Crippen LogP contribution is 2.41. The summed E-state index contributed by atoms with van der Waals surface area (Å²) in [5.41, 5.74) is -0.561. The van der Waals surface area contributed by atoms with Crippen LogP contribution in [0.15, 0.2) is 11.4 Å². The van der Waals surface area contributed by atoms with Crippen molar-refractivity contribution in [1.82, 2.24) is 0 Å². The lowest BCUT2D eigenvalue weighted by atomic mass is 10.0. The first-order valence-electron chi connectivity index (χ1n) is 6.88. The first kappa shape index (κ1) is 17.5. The van der Waals surface area contributed by atoms with E-state index in [0.717, 1.165) is 17.9 Å². The highest BCUT2D eigenvalue weighted by atomic mass is 16.6. The van der Waals surface area contributed by atoms with Gasteiger partial charge < -0.3 is 0 Å². The molecule has 0 bridgehead atoms. The van der Waals surface area contributed by atoms with Gasteiger partial charge in [-0.3, -0.25) is 20.2 Å². The topological polar surface area (TPSA) is 119 Å². The molecule has 0 aliphatic carbocycles. The molecular formula is C13H18N4O5. The largest absolute Gasteiger partial charge is 0.304 e. The summed E-state index contributed by atoms with van der Waals surface area (Å²) in [6, 6.07) is 1.23. The Balaban J connectivity index is 3.52. The second-order valence-corrected chi connectivity index (χ2v) is 4.96. The number of hydrogen-bond donors (Lipinski definition) is 0. The summed E-state index contributed by atoms with van der Waals surface area (Å²) in [7, 11) is 0. The summed E-state index contributed by atoms with van der Waals surface area (Å²) in [6.07, 6.45) is 2.23. The fourth-order valence-electron chi connectivity index (χ4n) is 2.19. The van der Waals surface area contributed by atoms with Gasteiger partial charge in [-0.15, -0.1) is 4.91 Å². The molecule has 0 saturated heterocycles. The van der Waals surface area contributed by atoms with Gasteiger partial charge in [-0.2, -0.15) is 0 Å². The third-order valence-corrected chi connectivity index (χ3v) is 3.48. The summed E-state index contributed by atoms with van der Waals surface area (Å²) in [6.45, 7) is 5.10. The molecular weight excluding hydrogens is 292 g/mol. The van der Waals surface area contributed by atoms with Gasteiger partial charge in [0.05, 0.1) is 15.1 Å². The van der Waals surface area contributed by atoms with Gasteiger partial charge in [0, 0.05) is 18.2 Å². The third-order valence-electron chi connectivity index (χ3n) is 3.48. The molecule has 9 nitrogen and oxygen atoms in total. The van der Waals surface area contributed by atoms with Crippen LogP contribution in [0.25, 0.3) is 0 Å². The van der Waals surface area contributed by atoms with Gasteiger partial charge in [-0.25, -0.2) is 5.01 Å². The van der Waals surface area contributed by atoms with Crippen molar-refractivity contribution in [2.75, 3.05) is 11.6 Å². The summed E-state index contributed by atoms with van der Waals surface area (Å²) in [5, 5.41) is 26.1. The van der Waals surface area contributed by atoms with E-state index in [0.29, 0.717) is 12.0 Å². The first-order valence-corrected chi connectivity index (χ1v) is 6.88. The number of nitro groups is 2. The highest BCUT2D eigenvalue weighted by Gasteiger charge is 2.33. The lowest BCUT2D eigenvalue weighted by Gasteiger charge is -2.17. The molecule has 0 aliphatic heterocycles. The molecule has 0 radical (unpaired) electrons. The van der Waals surface area contributed by atoms with Crippen LogP contribution < -0.4 is 5.01 Å². The molecule has 0 aliphatic rings. The van der Waals surface area contributed by atoms with Crippen molar-refractivity contribution < 1.29 is 9.85 Å². The predicted octanol–water partition coefficient (Wildman–Crippen LogP) is 3.80. The molecule has 0 heterocycles. The van der Waals surface area contributed by atoms with Gasteiger partial charge in [0.25, 0.3) is 0 Å². The molecule has 1 aromatic rings. The van der Waals surface area contributed by atoms with Crippen LogP contribution in [0.4, 0.5) is 17.1 Å².